The third kappa shape index (κ3) is 4.27. The molecule has 0 aliphatic heterocycles. The smallest absolute Gasteiger partial charge is 0.271 e. The Hall–Kier alpha value is -2.43. The molecule has 0 aliphatic carbocycles. The minimum Gasteiger partial charge on any atom is -0.369 e. The summed E-state index contributed by atoms with van der Waals surface area (Å²) in [4.78, 5) is 20.3. The van der Waals surface area contributed by atoms with Crippen molar-refractivity contribution in [3.8, 4) is 0 Å². The summed E-state index contributed by atoms with van der Waals surface area (Å²) in [5, 5.41) is 5.93. The summed E-state index contributed by atoms with van der Waals surface area (Å²) in [6.45, 7) is 5.40. The molecule has 2 N–H and O–H groups in total. The highest BCUT2D eigenvalue weighted by Gasteiger charge is 2.10. The molecule has 1 aromatic heterocycles. The standard InChI is InChI=1S/C16H20N4O/c1-3-17-15-11-18-14(10-19-15)16(21)20-9-12(2)13-7-5-4-6-8-13/h4-8,10-12H,3,9H2,1-2H3,(H,17,19)(H,20,21). The van der Waals surface area contributed by atoms with Gasteiger partial charge >= 0.3 is 0 Å². The summed E-state index contributed by atoms with van der Waals surface area (Å²) in [5.74, 6) is 0.726. The molecule has 1 atom stereocenters. The Morgan fingerprint density at radius 3 is 2.57 bits per heavy atom. The molecule has 5 nitrogen and oxygen atoms in total. The Labute approximate surface area is 124 Å². The zero-order valence-electron chi connectivity index (χ0n) is 12.3. The van der Waals surface area contributed by atoms with E-state index in [1.165, 1.54) is 11.8 Å². The molecule has 1 unspecified atom stereocenters. The third-order valence-electron chi connectivity index (χ3n) is 3.18. The SMILES string of the molecule is CCNc1cnc(C(=O)NCC(C)c2ccccc2)cn1. The zero-order valence-corrected chi connectivity index (χ0v) is 12.3. The first kappa shape index (κ1) is 15.0. The van der Waals surface area contributed by atoms with Crippen LogP contribution in [0, 0.1) is 0 Å². The second kappa shape index (κ2) is 7.38. The van der Waals surface area contributed by atoms with Crippen LogP contribution in [0.4, 0.5) is 5.82 Å². The van der Waals surface area contributed by atoms with Crippen LogP contribution in [0.15, 0.2) is 42.7 Å². The summed E-state index contributed by atoms with van der Waals surface area (Å²) < 4.78 is 0. The molecular formula is C16H20N4O. The van der Waals surface area contributed by atoms with Gasteiger partial charge in [-0.2, -0.15) is 0 Å². The van der Waals surface area contributed by atoms with Crippen LogP contribution in [0.25, 0.3) is 0 Å². The minimum atomic E-state index is -0.201. The number of rotatable bonds is 6. The number of nitrogens with one attached hydrogen (secondary N) is 2. The monoisotopic (exact) mass is 284 g/mol. The van der Waals surface area contributed by atoms with E-state index in [1.807, 2.05) is 25.1 Å². The van der Waals surface area contributed by atoms with Crippen LogP contribution < -0.4 is 10.6 Å². The average molecular weight is 284 g/mol. The molecule has 2 rings (SSSR count). The molecule has 110 valence electrons. The number of carbonyl (C=O) groups excluding carboxylic acids is 1. The molecule has 0 aliphatic rings. The Morgan fingerprint density at radius 2 is 1.95 bits per heavy atom. The van der Waals surface area contributed by atoms with Gasteiger partial charge in [-0.15, -0.1) is 0 Å². The van der Waals surface area contributed by atoms with Crippen molar-refractivity contribution in [3.05, 3.63) is 54.0 Å². The van der Waals surface area contributed by atoms with E-state index in [9.17, 15) is 4.79 Å². The minimum absolute atomic E-state index is 0.201. The lowest BCUT2D eigenvalue weighted by Crippen LogP contribution is -2.28. The van der Waals surface area contributed by atoms with Crippen molar-refractivity contribution in [1.29, 1.82) is 0 Å². The second-order valence-electron chi connectivity index (χ2n) is 4.84. The van der Waals surface area contributed by atoms with Crippen LogP contribution in [0.3, 0.4) is 0 Å². The van der Waals surface area contributed by atoms with Gasteiger partial charge in [-0.3, -0.25) is 4.79 Å². The summed E-state index contributed by atoms with van der Waals surface area (Å²) in [7, 11) is 0. The van der Waals surface area contributed by atoms with Crippen molar-refractivity contribution in [2.75, 3.05) is 18.4 Å². The molecule has 0 saturated carbocycles. The molecule has 5 heteroatoms. The molecule has 21 heavy (non-hydrogen) atoms. The Bertz CT molecular complexity index is 569. The summed E-state index contributed by atoms with van der Waals surface area (Å²) in [6, 6.07) is 10.1. The zero-order chi connectivity index (χ0) is 15.1. The van der Waals surface area contributed by atoms with E-state index in [0.717, 1.165) is 6.54 Å². The number of hydrogen-bond donors (Lipinski definition) is 2. The highest BCUT2D eigenvalue weighted by Crippen LogP contribution is 2.13. The molecule has 2 aromatic rings. The van der Waals surface area contributed by atoms with Crippen LogP contribution in [-0.2, 0) is 0 Å². The topological polar surface area (TPSA) is 66.9 Å². The molecule has 1 heterocycles. The van der Waals surface area contributed by atoms with Gasteiger partial charge in [-0.25, -0.2) is 9.97 Å². The predicted molar refractivity (Wildman–Crippen MR) is 83.4 cm³/mol. The largest absolute Gasteiger partial charge is 0.369 e. The summed E-state index contributed by atoms with van der Waals surface area (Å²) in [6.07, 6.45) is 3.06. The number of anilines is 1. The highest BCUT2D eigenvalue weighted by atomic mass is 16.1. The number of hydrogen-bond acceptors (Lipinski definition) is 4. The normalized spacial score (nSPS) is 11.7. The van der Waals surface area contributed by atoms with E-state index in [4.69, 9.17) is 0 Å². The van der Waals surface area contributed by atoms with Crippen molar-refractivity contribution < 1.29 is 4.79 Å². The fourth-order valence-electron chi connectivity index (χ4n) is 1.95. The number of nitrogens with zero attached hydrogens (tertiary/aromatic N) is 2. The average Bonchev–Trinajstić information content (AvgIpc) is 2.54. The predicted octanol–water partition coefficient (Wildman–Crippen LogP) is 2.44. The lowest BCUT2D eigenvalue weighted by Gasteiger charge is -2.12. The maximum absolute atomic E-state index is 12.0. The van der Waals surface area contributed by atoms with E-state index >= 15 is 0 Å². The Morgan fingerprint density at radius 1 is 1.19 bits per heavy atom. The molecule has 0 fully saturated rings. The maximum Gasteiger partial charge on any atom is 0.271 e. The van der Waals surface area contributed by atoms with Crippen molar-refractivity contribution in [3.63, 3.8) is 0 Å². The van der Waals surface area contributed by atoms with Gasteiger partial charge in [0.15, 0.2) is 0 Å². The first-order chi connectivity index (χ1) is 10.2. The van der Waals surface area contributed by atoms with Crippen molar-refractivity contribution in [1.82, 2.24) is 15.3 Å². The number of amides is 1. The van der Waals surface area contributed by atoms with E-state index < -0.39 is 0 Å². The van der Waals surface area contributed by atoms with E-state index in [-0.39, 0.29) is 11.8 Å². The second-order valence-corrected chi connectivity index (χ2v) is 4.84. The van der Waals surface area contributed by atoms with Gasteiger partial charge < -0.3 is 10.6 Å². The van der Waals surface area contributed by atoms with Gasteiger partial charge in [-0.05, 0) is 18.4 Å². The summed E-state index contributed by atoms with van der Waals surface area (Å²) >= 11 is 0. The lowest BCUT2D eigenvalue weighted by atomic mass is 10.0. The molecule has 0 bridgehead atoms. The molecule has 0 radical (unpaired) electrons. The molecule has 0 saturated heterocycles. The van der Waals surface area contributed by atoms with Gasteiger partial charge in [0, 0.05) is 13.1 Å². The Kier molecular flexibility index (Phi) is 5.26. The van der Waals surface area contributed by atoms with E-state index in [0.29, 0.717) is 18.1 Å². The fourth-order valence-corrected chi connectivity index (χ4v) is 1.95. The van der Waals surface area contributed by atoms with Crippen molar-refractivity contribution >= 4 is 11.7 Å². The van der Waals surface area contributed by atoms with Crippen LogP contribution in [0.5, 0.6) is 0 Å². The van der Waals surface area contributed by atoms with Gasteiger partial charge in [0.05, 0.1) is 12.4 Å². The van der Waals surface area contributed by atoms with Crippen molar-refractivity contribution in [2.24, 2.45) is 0 Å². The van der Waals surface area contributed by atoms with Gasteiger partial charge in [-0.1, -0.05) is 37.3 Å². The molecule has 0 spiro atoms. The number of benzene rings is 1. The quantitative estimate of drug-likeness (QED) is 0.855. The van der Waals surface area contributed by atoms with Crippen LogP contribution in [0.2, 0.25) is 0 Å². The first-order valence-electron chi connectivity index (χ1n) is 7.09. The van der Waals surface area contributed by atoms with E-state index in [2.05, 4.69) is 39.7 Å². The molecular weight excluding hydrogens is 264 g/mol. The Balaban J connectivity index is 1.89. The third-order valence-corrected chi connectivity index (χ3v) is 3.18. The van der Waals surface area contributed by atoms with Gasteiger partial charge in [0.25, 0.3) is 5.91 Å². The number of carbonyl (C=O) groups is 1. The first-order valence-corrected chi connectivity index (χ1v) is 7.09. The summed E-state index contributed by atoms with van der Waals surface area (Å²) in [5.41, 5.74) is 1.53. The highest BCUT2D eigenvalue weighted by molar-refractivity contribution is 5.92. The fraction of sp³-hybridized carbons (Fsp3) is 0.312. The van der Waals surface area contributed by atoms with Crippen molar-refractivity contribution in [2.45, 2.75) is 19.8 Å². The van der Waals surface area contributed by atoms with Crippen LogP contribution in [-0.4, -0.2) is 29.0 Å². The van der Waals surface area contributed by atoms with Crippen LogP contribution in [0.1, 0.15) is 35.8 Å². The lowest BCUT2D eigenvalue weighted by molar-refractivity contribution is 0.0946. The van der Waals surface area contributed by atoms with Gasteiger partial charge in [0.1, 0.15) is 11.5 Å². The van der Waals surface area contributed by atoms with Crippen LogP contribution >= 0.6 is 0 Å². The molecule has 1 amide bonds. The van der Waals surface area contributed by atoms with E-state index in [1.54, 1.807) is 6.20 Å². The molecule has 1 aromatic carbocycles. The van der Waals surface area contributed by atoms with Gasteiger partial charge in [0.2, 0.25) is 0 Å². The number of aromatic nitrogens is 2. The maximum atomic E-state index is 12.0.